The van der Waals surface area contributed by atoms with E-state index in [1.807, 2.05) is 20.8 Å². The highest BCUT2D eigenvalue weighted by Crippen LogP contribution is 2.38. The number of carbonyl (C=O) groups excluding carboxylic acids is 2. The molecule has 4 nitrogen and oxygen atoms in total. The Kier molecular flexibility index (Phi) is 5.19. The molecule has 1 unspecified atom stereocenters. The fraction of sp³-hybridized carbons (Fsp3) is 0.444. The second kappa shape index (κ2) is 6.94. The summed E-state index contributed by atoms with van der Waals surface area (Å²) in [5.74, 6) is -1.51. The van der Waals surface area contributed by atoms with Gasteiger partial charge in [-0.15, -0.1) is 0 Å². The van der Waals surface area contributed by atoms with Gasteiger partial charge < -0.3 is 10.0 Å². The van der Waals surface area contributed by atoms with Gasteiger partial charge in [0, 0.05) is 13.0 Å². The summed E-state index contributed by atoms with van der Waals surface area (Å²) < 4.78 is 13.2. The molecule has 0 fully saturated rings. The van der Waals surface area contributed by atoms with Gasteiger partial charge in [-0.1, -0.05) is 32.9 Å². The molecule has 124 valence electrons. The molecule has 1 amide bonds. The van der Waals surface area contributed by atoms with Crippen molar-refractivity contribution in [2.24, 2.45) is 5.92 Å². The molecule has 0 saturated heterocycles. The van der Waals surface area contributed by atoms with Crippen molar-refractivity contribution in [1.29, 1.82) is 0 Å². The van der Waals surface area contributed by atoms with Crippen molar-refractivity contribution < 1.29 is 19.1 Å². The van der Waals surface area contributed by atoms with Gasteiger partial charge in [-0.05, 0) is 30.0 Å². The molecule has 0 radical (unpaired) electrons. The van der Waals surface area contributed by atoms with E-state index in [-0.39, 0.29) is 29.5 Å². The summed E-state index contributed by atoms with van der Waals surface area (Å²) in [5, 5.41) is 10.2. The van der Waals surface area contributed by atoms with Crippen molar-refractivity contribution in [3.63, 3.8) is 0 Å². The standard InChI is InChI=1S/C18H22FNO3/c1-4-9-20-16(12-5-7-13(19)8-6-12)15(17(22)18(20)23)14(21)10-11(2)3/h5-8,11,16,22H,4,9-10H2,1-3H3. The van der Waals surface area contributed by atoms with E-state index >= 15 is 0 Å². The fourth-order valence-electron chi connectivity index (χ4n) is 2.88. The Hall–Kier alpha value is -2.17. The fourth-order valence-corrected chi connectivity index (χ4v) is 2.88. The number of benzene rings is 1. The first kappa shape index (κ1) is 17.2. The Labute approximate surface area is 135 Å². The van der Waals surface area contributed by atoms with Crippen molar-refractivity contribution >= 4 is 11.7 Å². The van der Waals surface area contributed by atoms with Crippen LogP contribution in [0.5, 0.6) is 0 Å². The number of hydrogen-bond acceptors (Lipinski definition) is 3. The average molecular weight is 319 g/mol. The molecule has 1 atom stereocenters. The topological polar surface area (TPSA) is 57.6 Å². The van der Waals surface area contributed by atoms with Gasteiger partial charge in [-0.2, -0.15) is 0 Å². The summed E-state index contributed by atoms with van der Waals surface area (Å²) in [4.78, 5) is 26.4. The number of amides is 1. The molecule has 23 heavy (non-hydrogen) atoms. The molecule has 1 heterocycles. The molecule has 2 rings (SSSR count). The van der Waals surface area contributed by atoms with Gasteiger partial charge in [-0.3, -0.25) is 9.59 Å². The Morgan fingerprint density at radius 3 is 2.43 bits per heavy atom. The zero-order valence-electron chi connectivity index (χ0n) is 13.7. The van der Waals surface area contributed by atoms with Crippen molar-refractivity contribution in [3.8, 4) is 0 Å². The van der Waals surface area contributed by atoms with Crippen molar-refractivity contribution in [2.45, 2.75) is 39.7 Å². The number of rotatable bonds is 6. The monoisotopic (exact) mass is 319 g/mol. The summed E-state index contributed by atoms with van der Waals surface area (Å²) in [5.41, 5.74) is 0.758. The quantitative estimate of drug-likeness (QED) is 0.872. The van der Waals surface area contributed by atoms with E-state index in [0.717, 1.165) is 0 Å². The minimum atomic E-state index is -0.644. The number of halogens is 1. The highest BCUT2D eigenvalue weighted by molar-refractivity contribution is 6.09. The maximum Gasteiger partial charge on any atom is 0.290 e. The van der Waals surface area contributed by atoms with Crippen LogP contribution in [0.1, 0.15) is 45.2 Å². The van der Waals surface area contributed by atoms with E-state index in [1.165, 1.54) is 17.0 Å². The molecule has 1 aromatic carbocycles. The third-order valence-electron chi connectivity index (χ3n) is 3.85. The largest absolute Gasteiger partial charge is 0.503 e. The smallest absolute Gasteiger partial charge is 0.290 e. The third-order valence-corrected chi connectivity index (χ3v) is 3.85. The number of nitrogens with zero attached hydrogens (tertiary/aromatic N) is 1. The van der Waals surface area contributed by atoms with E-state index < -0.39 is 17.7 Å². The van der Waals surface area contributed by atoms with Crippen LogP contribution in [0.15, 0.2) is 35.6 Å². The second-order valence-electron chi connectivity index (χ2n) is 6.24. The predicted octanol–water partition coefficient (Wildman–Crippen LogP) is 3.55. The summed E-state index contributed by atoms with van der Waals surface area (Å²) in [6, 6.07) is 5.05. The van der Waals surface area contributed by atoms with Crippen LogP contribution < -0.4 is 0 Å². The molecule has 1 N–H and O–H groups in total. The Balaban J connectivity index is 2.48. The lowest BCUT2D eigenvalue weighted by atomic mass is 9.92. The minimum Gasteiger partial charge on any atom is -0.503 e. The van der Waals surface area contributed by atoms with Crippen molar-refractivity contribution in [2.75, 3.05) is 6.54 Å². The van der Waals surface area contributed by atoms with E-state index in [4.69, 9.17) is 0 Å². The van der Waals surface area contributed by atoms with Crippen LogP contribution in [0.3, 0.4) is 0 Å². The van der Waals surface area contributed by atoms with Gasteiger partial charge in [0.1, 0.15) is 5.82 Å². The zero-order valence-corrected chi connectivity index (χ0v) is 13.7. The Bertz CT molecular complexity index is 634. The first-order chi connectivity index (χ1) is 10.9. The summed E-state index contributed by atoms with van der Waals surface area (Å²) >= 11 is 0. The van der Waals surface area contributed by atoms with E-state index in [2.05, 4.69) is 0 Å². The van der Waals surface area contributed by atoms with E-state index in [1.54, 1.807) is 12.1 Å². The molecule has 5 heteroatoms. The molecular formula is C18H22FNO3. The number of ketones is 1. The summed E-state index contributed by atoms with van der Waals surface area (Å²) in [6.07, 6.45) is 0.951. The average Bonchev–Trinajstić information content (AvgIpc) is 2.73. The van der Waals surface area contributed by atoms with Gasteiger partial charge in [0.05, 0.1) is 11.6 Å². The third kappa shape index (κ3) is 3.44. The Morgan fingerprint density at radius 1 is 1.30 bits per heavy atom. The highest BCUT2D eigenvalue weighted by Gasteiger charge is 2.42. The molecule has 0 aromatic heterocycles. The van der Waals surface area contributed by atoms with Crippen LogP contribution in [0.25, 0.3) is 0 Å². The van der Waals surface area contributed by atoms with Gasteiger partial charge in [0.15, 0.2) is 11.5 Å². The summed E-state index contributed by atoms with van der Waals surface area (Å²) in [7, 11) is 0. The van der Waals surface area contributed by atoms with Crippen LogP contribution in [0, 0.1) is 11.7 Å². The molecular weight excluding hydrogens is 297 g/mol. The lowest BCUT2D eigenvalue weighted by Gasteiger charge is -2.26. The van der Waals surface area contributed by atoms with Gasteiger partial charge >= 0.3 is 0 Å². The number of hydrogen-bond donors (Lipinski definition) is 1. The molecule has 1 aromatic rings. The normalized spacial score (nSPS) is 18.2. The molecule has 0 saturated carbocycles. The first-order valence-electron chi connectivity index (χ1n) is 7.89. The van der Waals surface area contributed by atoms with Gasteiger partial charge in [-0.25, -0.2) is 4.39 Å². The van der Waals surface area contributed by atoms with Crippen LogP contribution in [0.2, 0.25) is 0 Å². The van der Waals surface area contributed by atoms with Gasteiger partial charge in [0.2, 0.25) is 0 Å². The SMILES string of the molecule is CCCN1C(=O)C(O)=C(C(=O)CC(C)C)C1c1ccc(F)cc1. The first-order valence-corrected chi connectivity index (χ1v) is 7.89. The van der Waals surface area contributed by atoms with Crippen LogP contribution >= 0.6 is 0 Å². The minimum absolute atomic E-state index is 0.118. The maximum atomic E-state index is 13.2. The molecule has 1 aliphatic heterocycles. The maximum absolute atomic E-state index is 13.2. The molecule has 0 spiro atoms. The van der Waals surface area contributed by atoms with Crippen LogP contribution in [-0.2, 0) is 9.59 Å². The number of Topliss-reactive ketones (excluding diaryl/α,β-unsaturated/α-hetero) is 1. The van der Waals surface area contributed by atoms with Crippen LogP contribution in [-0.4, -0.2) is 28.2 Å². The predicted molar refractivity (Wildman–Crippen MR) is 85.3 cm³/mol. The van der Waals surface area contributed by atoms with Crippen molar-refractivity contribution in [3.05, 3.63) is 47.0 Å². The lowest BCUT2D eigenvalue weighted by Crippen LogP contribution is -2.31. The van der Waals surface area contributed by atoms with Crippen LogP contribution in [0.4, 0.5) is 4.39 Å². The van der Waals surface area contributed by atoms with E-state index in [9.17, 15) is 19.1 Å². The van der Waals surface area contributed by atoms with E-state index in [0.29, 0.717) is 18.5 Å². The second-order valence-corrected chi connectivity index (χ2v) is 6.24. The molecule has 0 aliphatic carbocycles. The summed E-state index contributed by atoms with van der Waals surface area (Å²) in [6.45, 7) is 6.15. The number of aliphatic hydroxyl groups excluding tert-OH is 1. The highest BCUT2D eigenvalue weighted by atomic mass is 19.1. The number of aliphatic hydroxyl groups is 1. The lowest BCUT2D eigenvalue weighted by molar-refractivity contribution is -0.129. The number of carbonyl (C=O) groups is 2. The van der Waals surface area contributed by atoms with Crippen molar-refractivity contribution in [1.82, 2.24) is 4.90 Å². The Morgan fingerprint density at radius 2 is 1.91 bits per heavy atom. The van der Waals surface area contributed by atoms with Gasteiger partial charge in [0.25, 0.3) is 5.91 Å². The zero-order chi connectivity index (χ0) is 17.1. The molecule has 1 aliphatic rings. The molecule has 0 bridgehead atoms.